The van der Waals surface area contributed by atoms with Gasteiger partial charge in [0, 0.05) is 18.6 Å². The summed E-state index contributed by atoms with van der Waals surface area (Å²) in [5.41, 5.74) is 7.08. The van der Waals surface area contributed by atoms with Gasteiger partial charge in [-0.05, 0) is 36.9 Å². The van der Waals surface area contributed by atoms with Crippen LogP contribution in [0.4, 0.5) is 0 Å². The molecule has 3 nitrogen and oxygen atoms in total. The van der Waals surface area contributed by atoms with Crippen molar-refractivity contribution in [1.29, 1.82) is 0 Å². The molecule has 0 aromatic carbocycles. The molecule has 1 aromatic heterocycles. The molecule has 0 spiro atoms. The predicted molar refractivity (Wildman–Crippen MR) is 52.6 cm³/mol. The lowest BCUT2D eigenvalue weighted by molar-refractivity contribution is 0.139. The van der Waals surface area contributed by atoms with Crippen molar-refractivity contribution in [2.45, 2.75) is 24.8 Å². The standard InChI is InChI=1S/C9H14N2OS/c10-9(8-2-7-13-11-8)3-1-5-12-6-4-9/h2,7H,1,3-6,10H2. The van der Waals surface area contributed by atoms with Gasteiger partial charge in [0.05, 0.1) is 11.2 Å². The lowest BCUT2D eigenvalue weighted by Crippen LogP contribution is -2.37. The van der Waals surface area contributed by atoms with Gasteiger partial charge in [0.2, 0.25) is 0 Å². The first-order valence-corrected chi connectivity index (χ1v) is 5.42. The van der Waals surface area contributed by atoms with E-state index in [1.54, 1.807) is 0 Å². The zero-order chi connectivity index (χ0) is 9.15. The second kappa shape index (κ2) is 3.74. The van der Waals surface area contributed by atoms with E-state index in [2.05, 4.69) is 4.37 Å². The van der Waals surface area contributed by atoms with E-state index < -0.39 is 0 Å². The second-order valence-electron chi connectivity index (χ2n) is 3.51. The van der Waals surface area contributed by atoms with Crippen LogP contribution in [0.5, 0.6) is 0 Å². The highest BCUT2D eigenvalue weighted by atomic mass is 32.1. The Kier molecular flexibility index (Phi) is 2.62. The second-order valence-corrected chi connectivity index (χ2v) is 4.17. The molecule has 2 N–H and O–H groups in total. The topological polar surface area (TPSA) is 48.1 Å². The van der Waals surface area contributed by atoms with Gasteiger partial charge in [0.25, 0.3) is 0 Å². The van der Waals surface area contributed by atoms with Crippen LogP contribution in [0.25, 0.3) is 0 Å². The van der Waals surface area contributed by atoms with Crippen LogP contribution in [-0.4, -0.2) is 17.6 Å². The van der Waals surface area contributed by atoms with E-state index in [1.165, 1.54) is 11.5 Å². The van der Waals surface area contributed by atoms with Crippen LogP contribution in [-0.2, 0) is 10.3 Å². The van der Waals surface area contributed by atoms with Crippen LogP contribution in [0.15, 0.2) is 11.4 Å². The van der Waals surface area contributed by atoms with E-state index in [-0.39, 0.29) is 5.54 Å². The van der Waals surface area contributed by atoms with Crippen molar-refractivity contribution in [3.05, 3.63) is 17.1 Å². The first-order valence-electron chi connectivity index (χ1n) is 4.59. The first-order chi connectivity index (χ1) is 6.31. The third-order valence-corrected chi connectivity index (χ3v) is 3.11. The van der Waals surface area contributed by atoms with Gasteiger partial charge in [-0.3, -0.25) is 0 Å². The molecule has 0 amide bonds. The minimum Gasteiger partial charge on any atom is -0.381 e. The van der Waals surface area contributed by atoms with Crippen molar-refractivity contribution in [3.8, 4) is 0 Å². The van der Waals surface area contributed by atoms with Crippen molar-refractivity contribution in [1.82, 2.24) is 4.37 Å². The summed E-state index contributed by atoms with van der Waals surface area (Å²) in [5.74, 6) is 0. The monoisotopic (exact) mass is 198 g/mol. The molecule has 0 aliphatic carbocycles. The first kappa shape index (κ1) is 9.12. The maximum Gasteiger partial charge on any atom is 0.0741 e. The Morgan fingerprint density at radius 1 is 1.46 bits per heavy atom. The van der Waals surface area contributed by atoms with Crippen LogP contribution in [0.2, 0.25) is 0 Å². The van der Waals surface area contributed by atoms with Crippen LogP contribution >= 0.6 is 11.5 Å². The maximum absolute atomic E-state index is 6.29. The van der Waals surface area contributed by atoms with E-state index in [9.17, 15) is 0 Å². The largest absolute Gasteiger partial charge is 0.381 e. The van der Waals surface area contributed by atoms with E-state index >= 15 is 0 Å². The lowest BCUT2D eigenvalue weighted by Gasteiger charge is -2.24. The number of nitrogens with two attached hydrogens (primary N) is 1. The van der Waals surface area contributed by atoms with E-state index in [1.807, 2.05) is 11.4 Å². The fourth-order valence-electron chi connectivity index (χ4n) is 1.70. The average molecular weight is 198 g/mol. The molecule has 4 heteroatoms. The molecule has 0 saturated carbocycles. The van der Waals surface area contributed by atoms with Crippen molar-refractivity contribution < 1.29 is 4.74 Å². The minimum absolute atomic E-state index is 0.240. The fraction of sp³-hybridized carbons (Fsp3) is 0.667. The van der Waals surface area contributed by atoms with Gasteiger partial charge in [-0.2, -0.15) is 4.37 Å². The predicted octanol–water partition coefficient (Wildman–Crippen LogP) is 1.50. The van der Waals surface area contributed by atoms with Gasteiger partial charge >= 0.3 is 0 Å². The molecule has 1 fully saturated rings. The molecular formula is C9H14N2OS. The van der Waals surface area contributed by atoms with Gasteiger partial charge in [-0.1, -0.05) is 0 Å². The van der Waals surface area contributed by atoms with Crippen molar-refractivity contribution >= 4 is 11.5 Å². The average Bonchev–Trinajstić information content (AvgIpc) is 2.57. The van der Waals surface area contributed by atoms with Gasteiger partial charge in [0.15, 0.2) is 0 Å². The lowest BCUT2D eigenvalue weighted by atomic mass is 9.88. The molecule has 13 heavy (non-hydrogen) atoms. The number of aromatic nitrogens is 1. The van der Waals surface area contributed by atoms with Crippen LogP contribution < -0.4 is 5.73 Å². The fourth-order valence-corrected chi connectivity index (χ4v) is 2.30. The summed E-state index contributed by atoms with van der Waals surface area (Å²) in [6.07, 6.45) is 2.90. The maximum atomic E-state index is 6.29. The zero-order valence-corrected chi connectivity index (χ0v) is 8.35. The summed E-state index contributed by atoms with van der Waals surface area (Å²) >= 11 is 1.47. The highest BCUT2D eigenvalue weighted by Crippen LogP contribution is 2.28. The van der Waals surface area contributed by atoms with Gasteiger partial charge in [-0.15, -0.1) is 0 Å². The molecule has 0 radical (unpaired) electrons. The molecule has 72 valence electrons. The van der Waals surface area contributed by atoms with Gasteiger partial charge < -0.3 is 10.5 Å². The molecule has 1 aliphatic heterocycles. The third-order valence-electron chi connectivity index (χ3n) is 2.55. The summed E-state index contributed by atoms with van der Waals surface area (Å²) < 4.78 is 9.70. The van der Waals surface area contributed by atoms with Crippen molar-refractivity contribution in [2.24, 2.45) is 5.73 Å². The summed E-state index contributed by atoms with van der Waals surface area (Å²) in [6, 6.07) is 2.02. The van der Waals surface area contributed by atoms with Crippen molar-refractivity contribution in [3.63, 3.8) is 0 Å². The molecular weight excluding hydrogens is 184 g/mol. The Balaban J connectivity index is 2.17. The molecule has 1 atom stereocenters. The SMILES string of the molecule is NC1(c2ccsn2)CCCOCC1. The molecule has 2 heterocycles. The number of rotatable bonds is 1. The zero-order valence-electron chi connectivity index (χ0n) is 7.53. The third kappa shape index (κ3) is 1.90. The Morgan fingerprint density at radius 3 is 3.15 bits per heavy atom. The summed E-state index contributed by atoms with van der Waals surface area (Å²) in [6.45, 7) is 1.59. The van der Waals surface area contributed by atoms with Crippen LogP contribution in [0.3, 0.4) is 0 Å². The highest BCUT2D eigenvalue weighted by Gasteiger charge is 2.30. The number of hydrogen-bond acceptors (Lipinski definition) is 4. The molecule has 1 saturated heterocycles. The minimum atomic E-state index is -0.240. The highest BCUT2D eigenvalue weighted by molar-refractivity contribution is 7.03. The summed E-state index contributed by atoms with van der Waals surface area (Å²) in [4.78, 5) is 0. The van der Waals surface area contributed by atoms with Crippen LogP contribution in [0, 0.1) is 0 Å². The number of nitrogens with zero attached hydrogens (tertiary/aromatic N) is 1. The Bertz CT molecular complexity index is 253. The quantitative estimate of drug-likeness (QED) is 0.744. The number of hydrogen-bond donors (Lipinski definition) is 1. The smallest absolute Gasteiger partial charge is 0.0741 e. The Morgan fingerprint density at radius 2 is 2.38 bits per heavy atom. The van der Waals surface area contributed by atoms with E-state index in [0.717, 1.165) is 38.2 Å². The summed E-state index contributed by atoms with van der Waals surface area (Å²) in [5, 5.41) is 1.98. The molecule has 2 rings (SSSR count). The van der Waals surface area contributed by atoms with E-state index in [4.69, 9.17) is 10.5 Å². The molecule has 0 bridgehead atoms. The molecule has 1 aromatic rings. The van der Waals surface area contributed by atoms with E-state index in [0.29, 0.717) is 0 Å². The Hall–Kier alpha value is -0.450. The van der Waals surface area contributed by atoms with Crippen LogP contribution in [0.1, 0.15) is 25.0 Å². The molecule has 1 unspecified atom stereocenters. The van der Waals surface area contributed by atoms with Gasteiger partial charge in [-0.25, -0.2) is 0 Å². The van der Waals surface area contributed by atoms with Crippen molar-refractivity contribution in [2.75, 3.05) is 13.2 Å². The van der Waals surface area contributed by atoms with Gasteiger partial charge in [0.1, 0.15) is 0 Å². The normalized spacial score (nSPS) is 29.9. The summed E-state index contributed by atoms with van der Waals surface area (Å²) in [7, 11) is 0. The Labute approximate surface area is 82.1 Å². The number of ether oxygens (including phenoxy) is 1. The molecule has 1 aliphatic rings.